The van der Waals surface area contributed by atoms with E-state index in [1.54, 1.807) is 0 Å². The molecule has 0 aliphatic carbocycles. The summed E-state index contributed by atoms with van der Waals surface area (Å²) in [7, 11) is 0. The summed E-state index contributed by atoms with van der Waals surface area (Å²) in [5.74, 6) is 0.0983. The minimum absolute atomic E-state index is 0.0983. The van der Waals surface area contributed by atoms with Gasteiger partial charge in [0, 0.05) is 19.0 Å². The van der Waals surface area contributed by atoms with E-state index in [0.717, 1.165) is 5.56 Å². The fourth-order valence-corrected chi connectivity index (χ4v) is 2.10. The van der Waals surface area contributed by atoms with Crippen molar-refractivity contribution in [2.45, 2.75) is 46.1 Å². The van der Waals surface area contributed by atoms with Gasteiger partial charge < -0.3 is 15.8 Å². The average molecular weight is 278 g/mol. The standard InChI is InChI=1S/C16H26N2O2/c1-11-6-12(2)8-13(7-11)14(9-17)10-18-15(19)20-16(3,4)5/h6-8,14H,9-10,17H2,1-5H3,(H,18,19). The van der Waals surface area contributed by atoms with Crippen molar-refractivity contribution < 1.29 is 9.53 Å². The third-order valence-electron chi connectivity index (χ3n) is 2.89. The van der Waals surface area contributed by atoms with Gasteiger partial charge in [0.1, 0.15) is 5.60 Å². The molecule has 1 rings (SSSR count). The molecule has 20 heavy (non-hydrogen) atoms. The third-order valence-corrected chi connectivity index (χ3v) is 2.89. The lowest BCUT2D eigenvalue weighted by molar-refractivity contribution is 0.0525. The Morgan fingerprint density at radius 2 is 1.80 bits per heavy atom. The molecule has 1 unspecified atom stereocenters. The average Bonchev–Trinajstić information content (AvgIpc) is 2.25. The second-order valence-electron chi connectivity index (χ2n) is 6.24. The maximum absolute atomic E-state index is 11.7. The number of carbonyl (C=O) groups is 1. The van der Waals surface area contributed by atoms with Gasteiger partial charge in [-0.05, 0) is 40.2 Å². The molecule has 1 atom stereocenters. The number of rotatable bonds is 4. The number of nitrogens with one attached hydrogen (secondary N) is 1. The van der Waals surface area contributed by atoms with E-state index in [-0.39, 0.29) is 5.92 Å². The van der Waals surface area contributed by atoms with Crippen LogP contribution in [0.3, 0.4) is 0 Å². The van der Waals surface area contributed by atoms with Crippen LogP contribution < -0.4 is 11.1 Å². The fourth-order valence-electron chi connectivity index (χ4n) is 2.10. The number of nitrogens with two attached hydrogens (primary N) is 1. The van der Waals surface area contributed by atoms with Crippen molar-refractivity contribution in [3.05, 3.63) is 34.9 Å². The van der Waals surface area contributed by atoms with E-state index in [9.17, 15) is 4.79 Å². The quantitative estimate of drug-likeness (QED) is 0.890. The molecule has 4 nitrogen and oxygen atoms in total. The SMILES string of the molecule is Cc1cc(C)cc(C(CN)CNC(=O)OC(C)(C)C)c1. The first-order valence-electron chi connectivity index (χ1n) is 6.96. The molecule has 1 amide bonds. The Bertz CT molecular complexity index is 444. The van der Waals surface area contributed by atoms with Gasteiger partial charge in [0.15, 0.2) is 0 Å². The number of aryl methyl sites for hydroxylation is 2. The largest absolute Gasteiger partial charge is 0.444 e. The van der Waals surface area contributed by atoms with Crippen molar-refractivity contribution in [2.24, 2.45) is 5.73 Å². The summed E-state index contributed by atoms with van der Waals surface area (Å²) < 4.78 is 5.23. The van der Waals surface area contributed by atoms with E-state index < -0.39 is 11.7 Å². The van der Waals surface area contributed by atoms with Crippen LogP contribution in [0.4, 0.5) is 4.79 Å². The predicted octanol–water partition coefficient (Wildman–Crippen LogP) is 2.87. The number of carbonyl (C=O) groups excluding carboxylic acids is 1. The maximum Gasteiger partial charge on any atom is 0.407 e. The van der Waals surface area contributed by atoms with Crippen LogP contribution in [0.15, 0.2) is 18.2 Å². The second kappa shape index (κ2) is 6.75. The minimum Gasteiger partial charge on any atom is -0.444 e. The van der Waals surface area contributed by atoms with Crippen LogP contribution >= 0.6 is 0 Å². The van der Waals surface area contributed by atoms with Crippen LogP contribution in [-0.2, 0) is 4.74 Å². The predicted molar refractivity (Wildman–Crippen MR) is 81.9 cm³/mol. The van der Waals surface area contributed by atoms with Gasteiger partial charge in [-0.1, -0.05) is 29.3 Å². The van der Waals surface area contributed by atoms with E-state index >= 15 is 0 Å². The van der Waals surface area contributed by atoms with Gasteiger partial charge in [0.25, 0.3) is 0 Å². The van der Waals surface area contributed by atoms with Crippen molar-refractivity contribution in [2.75, 3.05) is 13.1 Å². The van der Waals surface area contributed by atoms with Crippen LogP contribution in [0.25, 0.3) is 0 Å². The molecule has 0 saturated heterocycles. The Morgan fingerprint density at radius 3 is 2.25 bits per heavy atom. The summed E-state index contributed by atoms with van der Waals surface area (Å²) >= 11 is 0. The summed E-state index contributed by atoms with van der Waals surface area (Å²) in [5, 5.41) is 2.79. The van der Waals surface area contributed by atoms with Gasteiger partial charge in [0.05, 0.1) is 0 Å². The van der Waals surface area contributed by atoms with Crippen LogP contribution in [0.2, 0.25) is 0 Å². The van der Waals surface area contributed by atoms with Crippen LogP contribution in [0.1, 0.15) is 43.4 Å². The first-order chi connectivity index (χ1) is 9.21. The molecule has 0 heterocycles. The molecular formula is C16H26N2O2. The number of hydrogen-bond donors (Lipinski definition) is 2. The zero-order valence-corrected chi connectivity index (χ0v) is 13.1. The second-order valence-corrected chi connectivity index (χ2v) is 6.24. The molecule has 1 aromatic rings. The zero-order chi connectivity index (χ0) is 15.3. The Hall–Kier alpha value is -1.55. The summed E-state index contributed by atoms with van der Waals surface area (Å²) in [6.07, 6.45) is -0.402. The summed E-state index contributed by atoms with van der Waals surface area (Å²) in [4.78, 5) is 11.7. The van der Waals surface area contributed by atoms with E-state index in [2.05, 4.69) is 37.4 Å². The molecule has 1 aromatic carbocycles. The molecule has 0 saturated carbocycles. The molecule has 112 valence electrons. The maximum atomic E-state index is 11.7. The van der Waals surface area contributed by atoms with Gasteiger partial charge in [-0.3, -0.25) is 0 Å². The van der Waals surface area contributed by atoms with Gasteiger partial charge in [-0.2, -0.15) is 0 Å². The molecule has 0 fully saturated rings. The van der Waals surface area contributed by atoms with Crippen molar-refractivity contribution in [1.29, 1.82) is 0 Å². The Morgan fingerprint density at radius 1 is 1.25 bits per heavy atom. The van der Waals surface area contributed by atoms with E-state index in [0.29, 0.717) is 13.1 Å². The van der Waals surface area contributed by atoms with Gasteiger partial charge in [-0.25, -0.2) is 4.79 Å². The number of hydrogen-bond acceptors (Lipinski definition) is 3. The normalized spacial score (nSPS) is 12.9. The molecule has 0 aliphatic heterocycles. The van der Waals surface area contributed by atoms with Crippen molar-refractivity contribution in [1.82, 2.24) is 5.32 Å². The van der Waals surface area contributed by atoms with Crippen LogP contribution in [0, 0.1) is 13.8 Å². The van der Waals surface area contributed by atoms with Crippen molar-refractivity contribution >= 4 is 6.09 Å². The Kier molecular flexibility index (Phi) is 5.57. The molecule has 0 bridgehead atoms. The van der Waals surface area contributed by atoms with Gasteiger partial charge >= 0.3 is 6.09 Å². The molecule has 0 spiro atoms. The summed E-state index contributed by atoms with van der Waals surface area (Å²) in [6, 6.07) is 6.35. The number of alkyl carbamates (subject to hydrolysis) is 1. The molecule has 0 aromatic heterocycles. The highest BCUT2D eigenvalue weighted by Crippen LogP contribution is 2.18. The van der Waals surface area contributed by atoms with Gasteiger partial charge in [0.2, 0.25) is 0 Å². The van der Waals surface area contributed by atoms with E-state index in [1.807, 2.05) is 20.8 Å². The summed E-state index contributed by atoms with van der Waals surface area (Å²) in [6.45, 7) is 10.6. The molecular weight excluding hydrogens is 252 g/mol. The number of amides is 1. The van der Waals surface area contributed by atoms with Crippen LogP contribution in [0.5, 0.6) is 0 Å². The molecule has 3 N–H and O–H groups in total. The van der Waals surface area contributed by atoms with Crippen molar-refractivity contribution in [3.63, 3.8) is 0 Å². The molecule has 4 heteroatoms. The highest BCUT2D eigenvalue weighted by atomic mass is 16.6. The van der Waals surface area contributed by atoms with E-state index in [4.69, 9.17) is 10.5 Å². The zero-order valence-electron chi connectivity index (χ0n) is 13.1. The first-order valence-corrected chi connectivity index (χ1v) is 6.96. The van der Waals surface area contributed by atoms with Crippen LogP contribution in [-0.4, -0.2) is 24.8 Å². The monoisotopic (exact) mass is 278 g/mol. The lowest BCUT2D eigenvalue weighted by Gasteiger charge is -2.22. The minimum atomic E-state index is -0.484. The lowest BCUT2D eigenvalue weighted by Crippen LogP contribution is -2.36. The third kappa shape index (κ3) is 5.61. The Balaban J connectivity index is 2.66. The highest BCUT2D eigenvalue weighted by Gasteiger charge is 2.18. The topological polar surface area (TPSA) is 64.3 Å². The number of ether oxygens (including phenoxy) is 1. The number of benzene rings is 1. The fraction of sp³-hybridized carbons (Fsp3) is 0.562. The smallest absolute Gasteiger partial charge is 0.407 e. The summed E-state index contributed by atoms with van der Waals surface area (Å²) in [5.41, 5.74) is 8.90. The van der Waals surface area contributed by atoms with E-state index in [1.165, 1.54) is 11.1 Å². The molecule has 0 radical (unpaired) electrons. The lowest BCUT2D eigenvalue weighted by atomic mass is 9.95. The first kappa shape index (κ1) is 16.5. The van der Waals surface area contributed by atoms with Gasteiger partial charge in [-0.15, -0.1) is 0 Å². The highest BCUT2D eigenvalue weighted by molar-refractivity contribution is 5.67. The molecule has 0 aliphatic rings. The van der Waals surface area contributed by atoms with Crippen molar-refractivity contribution in [3.8, 4) is 0 Å². The Labute approximate surface area is 121 Å².